The van der Waals surface area contributed by atoms with E-state index in [0.717, 1.165) is 6.54 Å². The Morgan fingerprint density at radius 1 is 1.14 bits per heavy atom. The van der Waals surface area contributed by atoms with Crippen molar-refractivity contribution in [3.63, 3.8) is 0 Å². The predicted octanol–water partition coefficient (Wildman–Crippen LogP) is 3.81. The van der Waals surface area contributed by atoms with Gasteiger partial charge in [-0.15, -0.1) is 0 Å². The number of rotatable bonds is 5. The summed E-state index contributed by atoms with van der Waals surface area (Å²) in [6.45, 7) is 5.03. The molecule has 2 nitrogen and oxygen atoms in total. The van der Waals surface area contributed by atoms with Gasteiger partial charge in [0.05, 0.1) is 10.9 Å². The summed E-state index contributed by atoms with van der Waals surface area (Å²) in [4.78, 5) is 2.77. The molecule has 0 spiro atoms. The molecule has 2 aromatic rings. The van der Waals surface area contributed by atoms with Crippen molar-refractivity contribution in [3.05, 3.63) is 65.2 Å². The van der Waals surface area contributed by atoms with E-state index in [1.165, 1.54) is 22.4 Å². The van der Waals surface area contributed by atoms with Gasteiger partial charge in [0.1, 0.15) is 0 Å². The Hall–Kier alpha value is -1.87. The molecule has 0 aliphatic carbocycles. The van der Waals surface area contributed by atoms with Crippen molar-refractivity contribution in [1.82, 2.24) is 0 Å². The molecule has 0 bridgehead atoms. The molecule has 0 radical (unpaired) electrons. The zero-order valence-corrected chi connectivity index (χ0v) is 13.7. The van der Waals surface area contributed by atoms with Crippen molar-refractivity contribution in [2.45, 2.75) is 19.8 Å². The van der Waals surface area contributed by atoms with Crippen molar-refractivity contribution >= 4 is 22.9 Å². The Kier molecular flexibility index (Phi) is 4.97. The van der Waals surface area contributed by atoms with Crippen LogP contribution < -0.4 is 10.6 Å². The highest BCUT2D eigenvalue weighted by Gasteiger charge is 2.17. The zero-order chi connectivity index (χ0) is 15.4. The third kappa shape index (κ3) is 3.82. The van der Waals surface area contributed by atoms with E-state index in [1.807, 2.05) is 18.2 Å². The van der Waals surface area contributed by atoms with Crippen LogP contribution in [0.15, 0.2) is 48.5 Å². The SMILES string of the molecule is Cc1ccc(N(C)CC(C(N)=S)c2ccccc2)c(C)c1. The summed E-state index contributed by atoms with van der Waals surface area (Å²) in [6, 6.07) is 16.7. The van der Waals surface area contributed by atoms with Gasteiger partial charge in [-0.3, -0.25) is 0 Å². The van der Waals surface area contributed by atoms with Gasteiger partial charge in [0.2, 0.25) is 0 Å². The van der Waals surface area contributed by atoms with E-state index in [9.17, 15) is 0 Å². The summed E-state index contributed by atoms with van der Waals surface area (Å²) in [5.41, 5.74) is 10.9. The van der Waals surface area contributed by atoms with Crippen LogP contribution in [-0.4, -0.2) is 18.6 Å². The number of anilines is 1. The number of likely N-dealkylation sites (N-methyl/N-ethyl adjacent to an activating group) is 1. The Morgan fingerprint density at radius 2 is 1.81 bits per heavy atom. The lowest BCUT2D eigenvalue weighted by Crippen LogP contribution is -2.32. The van der Waals surface area contributed by atoms with E-state index < -0.39 is 0 Å². The summed E-state index contributed by atoms with van der Waals surface area (Å²) in [7, 11) is 2.09. The van der Waals surface area contributed by atoms with Crippen LogP contribution in [0.2, 0.25) is 0 Å². The second kappa shape index (κ2) is 6.72. The highest BCUT2D eigenvalue weighted by atomic mass is 32.1. The third-order valence-electron chi connectivity index (χ3n) is 3.77. The number of benzene rings is 2. The summed E-state index contributed by atoms with van der Waals surface area (Å²) in [5.74, 6) is 0.0619. The van der Waals surface area contributed by atoms with E-state index in [0.29, 0.717) is 4.99 Å². The van der Waals surface area contributed by atoms with Gasteiger partial charge < -0.3 is 10.6 Å². The highest BCUT2D eigenvalue weighted by molar-refractivity contribution is 7.80. The Balaban J connectivity index is 2.23. The number of nitrogens with zero attached hydrogens (tertiary/aromatic N) is 1. The maximum atomic E-state index is 5.96. The standard InChI is InChI=1S/C18H22N2S/c1-13-9-10-17(14(2)11-13)20(3)12-16(18(19)21)15-7-5-4-6-8-15/h4-11,16H,12H2,1-3H3,(H2,19,21). The molecule has 0 saturated carbocycles. The van der Waals surface area contributed by atoms with Crippen molar-refractivity contribution in [1.29, 1.82) is 0 Å². The fourth-order valence-electron chi connectivity index (χ4n) is 2.65. The second-order valence-corrected chi connectivity index (χ2v) is 6.01. The van der Waals surface area contributed by atoms with Gasteiger partial charge in [0.15, 0.2) is 0 Å². The third-order valence-corrected chi connectivity index (χ3v) is 4.05. The van der Waals surface area contributed by atoms with Crippen LogP contribution in [-0.2, 0) is 0 Å². The quantitative estimate of drug-likeness (QED) is 0.851. The Morgan fingerprint density at radius 3 is 2.38 bits per heavy atom. The molecular weight excluding hydrogens is 276 g/mol. The molecule has 0 aromatic heterocycles. The van der Waals surface area contributed by atoms with Gasteiger partial charge in [-0.05, 0) is 31.0 Å². The molecule has 2 N–H and O–H groups in total. The van der Waals surface area contributed by atoms with Crippen LogP contribution in [0.3, 0.4) is 0 Å². The fraction of sp³-hybridized carbons (Fsp3) is 0.278. The zero-order valence-electron chi connectivity index (χ0n) is 12.8. The number of nitrogens with two attached hydrogens (primary N) is 1. The number of thiocarbonyl (C=S) groups is 1. The molecule has 1 unspecified atom stereocenters. The monoisotopic (exact) mass is 298 g/mol. The van der Waals surface area contributed by atoms with Crippen LogP contribution in [0.5, 0.6) is 0 Å². The van der Waals surface area contributed by atoms with Crippen molar-refractivity contribution in [2.75, 3.05) is 18.5 Å². The van der Waals surface area contributed by atoms with E-state index in [-0.39, 0.29) is 5.92 Å². The Labute approximate surface area is 132 Å². The minimum atomic E-state index is 0.0619. The first-order valence-electron chi connectivity index (χ1n) is 7.11. The number of hydrogen-bond acceptors (Lipinski definition) is 2. The van der Waals surface area contributed by atoms with Gasteiger partial charge in [0.25, 0.3) is 0 Å². The summed E-state index contributed by atoms with van der Waals surface area (Å²) in [5, 5.41) is 0. The molecule has 2 rings (SSSR count). The smallest absolute Gasteiger partial charge is 0.0821 e. The van der Waals surface area contributed by atoms with Crippen LogP contribution in [0, 0.1) is 13.8 Å². The fourth-order valence-corrected chi connectivity index (χ4v) is 2.86. The molecule has 21 heavy (non-hydrogen) atoms. The first-order chi connectivity index (χ1) is 9.99. The maximum Gasteiger partial charge on any atom is 0.0821 e. The first kappa shape index (κ1) is 15.5. The summed E-state index contributed by atoms with van der Waals surface area (Å²) >= 11 is 5.27. The van der Waals surface area contributed by atoms with Crippen molar-refractivity contribution in [3.8, 4) is 0 Å². The molecule has 0 amide bonds. The highest BCUT2D eigenvalue weighted by Crippen LogP contribution is 2.24. The van der Waals surface area contributed by atoms with Gasteiger partial charge >= 0.3 is 0 Å². The maximum absolute atomic E-state index is 5.96. The minimum Gasteiger partial charge on any atom is -0.393 e. The van der Waals surface area contributed by atoms with E-state index in [2.05, 4.69) is 56.1 Å². The molecule has 0 saturated heterocycles. The molecule has 0 aliphatic heterocycles. The predicted molar refractivity (Wildman–Crippen MR) is 95.2 cm³/mol. The van der Waals surface area contributed by atoms with Crippen LogP contribution in [0.1, 0.15) is 22.6 Å². The minimum absolute atomic E-state index is 0.0619. The topological polar surface area (TPSA) is 29.3 Å². The summed E-state index contributed by atoms with van der Waals surface area (Å²) < 4.78 is 0. The number of aryl methyl sites for hydroxylation is 2. The molecule has 3 heteroatoms. The van der Waals surface area contributed by atoms with E-state index in [1.54, 1.807) is 0 Å². The Bertz CT molecular complexity index is 622. The average Bonchev–Trinajstić information content (AvgIpc) is 2.45. The lowest BCUT2D eigenvalue weighted by atomic mass is 9.98. The van der Waals surface area contributed by atoms with Gasteiger partial charge in [-0.2, -0.15) is 0 Å². The van der Waals surface area contributed by atoms with Gasteiger partial charge in [-0.1, -0.05) is 60.2 Å². The molecule has 1 atom stereocenters. The summed E-state index contributed by atoms with van der Waals surface area (Å²) in [6.07, 6.45) is 0. The molecule has 0 fully saturated rings. The molecule has 0 heterocycles. The van der Waals surface area contributed by atoms with Gasteiger partial charge in [0, 0.05) is 19.3 Å². The van der Waals surface area contributed by atoms with Crippen LogP contribution in [0.25, 0.3) is 0 Å². The lowest BCUT2D eigenvalue weighted by molar-refractivity contribution is 0.822. The molecule has 0 aliphatic rings. The van der Waals surface area contributed by atoms with Crippen LogP contribution in [0.4, 0.5) is 5.69 Å². The normalized spacial score (nSPS) is 12.0. The lowest BCUT2D eigenvalue weighted by Gasteiger charge is -2.27. The van der Waals surface area contributed by atoms with Crippen molar-refractivity contribution in [2.24, 2.45) is 5.73 Å². The van der Waals surface area contributed by atoms with Gasteiger partial charge in [-0.25, -0.2) is 0 Å². The molecule has 2 aromatic carbocycles. The first-order valence-corrected chi connectivity index (χ1v) is 7.52. The molecule has 110 valence electrons. The van der Waals surface area contributed by atoms with Crippen molar-refractivity contribution < 1.29 is 0 Å². The van der Waals surface area contributed by atoms with E-state index >= 15 is 0 Å². The molecular formula is C18H22N2S. The van der Waals surface area contributed by atoms with Crippen LogP contribution >= 0.6 is 12.2 Å². The number of hydrogen-bond donors (Lipinski definition) is 1. The average molecular weight is 298 g/mol. The second-order valence-electron chi connectivity index (χ2n) is 5.54. The van der Waals surface area contributed by atoms with E-state index in [4.69, 9.17) is 18.0 Å². The largest absolute Gasteiger partial charge is 0.393 e.